The zero-order valence-corrected chi connectivity index (χ0v) is 17.1. The zero-order chi connectivity index (χ0) is 19.3. The van der Waals surface area contributed by atoms with Gasteiger partial charge in [-0.25, -0.2) is 0 Å². The lowest BCUT2D eigenvalue weighted by molar-refractivity contribution is -0.0307. The predicted molar refractivity (Wildman–Crippen MR) is 117 cm³/mol. The van der Waals surface area contributed by atoms with Crippen LogP contribution in [0.2, 0.25) is 0 Å². The Labute approximate surface area is 169 Å². The van der Waals surface area contributed by atoms with Crippen molar-refractivity contribution in [2.24, 2.45) is 0 Å². The summed E-state index contributed by atoms with van der Waals surface area (Å²) in [6.45, 7) is 4.62. The fourth-order valence-electron chi connectivity index (χ4n) is 4.67. The molecule has 2 saturated heterocycles. The fourth-order valence-corrected chi connectivity index (χ4v) is 4.67. The molecule has 2 heterocycles. The molecule has 0 saturated carbocycles. The van der Waals surface area contributed by atoms with E-state index in [1.165, 1.54) is 24.9 Å². The molecule has 1 N–H and O–H groups in total. The highest BCUT2D eigenvalue weighted by Crippen LogP contribution is 2.41. The molecule has 0 unspecified atom stereocenters. The smallest absolute Gasteiger partial charge is 0.0310 e. The summed E-state index contributed by atoms with van der Waals surface area (Å²) in [5.41, 5.74) is 3.61. The normalized spacial score (nSPS) is 25.0. The lowest BCUT2D eigenvalue weighted by atomic mass is 9.74. The molecule has 0 spiro atoms. The molecule has 146 valence electrons. The first-order chi connectivity index (χ1) is 13.7. The average molecular weight is 374 g/mol. The highest BCUT2D eigenvalue weighted by Gasteiger charge is 2.48. The molecule has 0 aliphatic carbocycles. The van der Waals surface area contributed by atoms with Gasteiger partial charge in [-0.05, 0) is 69.9 Å². The molecule has 3 atom stereocenters. The van der Waals surface area contributed by atoms with E-state index in [0.29, 0.717) is 18.0 Å². The molecule has 0 amide bonds. The van der Waals surface area contributed by atoms with Crippen LogP contribution in [0.15, 0.2) is 54.6 Å². The Hall–Kier alpha value is -2.12. The highest BCUT2D eigenvalue weighted by molar-refractivity contribution is 5.44. The number of likely N-dealkylation sites (N-methyl/N-ethyl adjacent to an activating group) is 1. The van der Waals surface area contributed by atoms with Crippen LogP contribution in [-0.2, 0) is 0 Å². The Morgan fingerprint density at radius 2 is 1.68 bits per heavy atom. The van der Waals surface area contributed by atoms with Gasteiger partial charge >= 0.3 is 0 Å². The van der Waals surface area contributed by atoms with Gasteiger partial charge in [0.25, 0.3) is 0 Å². The molecule has 0 bridgehead atoms. The van der Waals surface area contributed by atoms with Crippen molar-refractivity contribution < 1.29 is 0 Å². The molecule has 0 radical (unpaired) electrons. The van der Waals surface area contributed by atoms with E-state index in [0.717, 1.165) is 30.8 Å². The summed E-state index contributed by atoms with van der Waals surface area (Å²) in [6, 6.07) is 20.4. The second-order valence-electron chi connectivity index (χ2n) is 8.31. The number of nitrogens with zero attached hydrogens (tertiary/aromatic N) is 2. The molecule has 2 aromatic rings. The summed E-state index contributed by atoms with van der Waals surface area (Å²) in [5, 5.41) is 3.66. The van der Waals surface area contributed by atoms with Crippen LogP contribution >= 0.6 is 0 Å². The van der Waals surface area contributed by atoms with Crippen molar-refractivity contribution in [1.82, 2.24) is 15.1 Å². The Kier molecular flexibility index (Phi) is 6.12. The van der Waals surface area contributed by atoms with E-state index in [1.807, 2.05) is 18.2 Å². The van der Waals surface area contributed by atoms with Crippen LogP contribution in [0.4, 0.5) is 0 Å². The van der Waals surface area contributed by atoms with Gasteiger partial charge in [-0.15, -0.1) is 0 Å². The first-order valence-corrected chi connectivity index (χ1v) is 10.5. The Morgan fingerprint density at radius 3 is 2.39 bits per heavy atom. The van der Waals surface area contributed by atoms with Crippen molar-refractivity contribution in [3.8, 4) is 11.8 Å². The van der Waals surface area contributed by atoms with Crippen molar-refractivity contribution in [2.75, 3.05) is 40.3 Å². The quantitative estimate of drug-likeness (QED) is 0.834. The minimum absolute atomic E-state index is 0.601. The summed E-state index contributed by atoms with van der Waals surface area (Å²) in [5.74, 6) is 7.16. The molecule has 0 aromatic heterocycles. The molecule has 2 aliphatic heterocycles. The van der Waals surface area contributed by atoms with Crippen molar-refractivity contribution >= 4 is 0 Å². The number of hydrogen-bond acceptors (Lipinski definition) is 3. The third kappa shape index (κ3) is 4.31. The second-order valence-corrected chi connectivity index (χ2v) is 8.31. The minimum Gasteiger partial charge on any atom is -0.315 e. The molecule has 28 heavy (non-hydrogen) atoms. The van der Waals surface area contributed by atoms with E-state index in [9.17, 15) is 0 Å². The number of nitrogens with one attached hydrogen (secondary N) is 1. The van der Waals surface area contributed by atoms with Gasteiger partial charge in [-0.3, -0.25) is 4.90 Å². The average Bonchev–Trinajstić information content (AvgIpc) is 2.69. The van der Waals surface area contributed by atoms with Gasteiger partial charge in [0.15, 0.2) is 0 Å². The third-order valence-corrected chi connectivity index (χ3v) is 6.03. The number of benzene rings is 2. The molecule has 2 aromatic carbocycles. The Morgan fingerprint density at radius 1 is 0.964 bits per heavy atom. The first kappa shape index (κ1) is 19.2. The molecule has 2 aliphatic rings. The first-order valence-electron chi connectivity index (χ1n) is 10.5. The van der Waals surface area contributed by atoms with Crippen LogP contribution < -0.4 is 5.32 Å². The lowest BCUT2D eigenvalue weighted by Gasteiger charge is -2.57. The van der Waals surface area contributed by atoms with Gasteiger partial charge in [-0.2, -0.15) is 0 Å². The van der Waals surface area contributed by atoms with Crippen molar-refractivity contribution in [2.45, 2.75) is 30.8 Å². The zero-order valence-electron chi connectivity index (χ0n) is 17.1. The van der Waals surface area contributed by atoms with E-state index >= 15 is 0 Å². The van der Waals surface area contributed by atoms with E-state index in [-0.39, 0.29) is 0 Å². The van der Waals surface area contributed by atoms with Gasteiger partial charge in [0, 0.05) is 42.2 Å². The van der Waals surface area contributed by atoms with Crippen LogP contribution in [0.5, 0.6) is 0 Å². The maximum atomic E-state index is 3.66. The van der Waals surface area contributed by atoms with Crippen LogP contribution in [-0.4, -0.2) is 62.2 Å². The van der Waals surface area contributed by atoms with E-state index in [4.69, 9.17) is 0 Å². The summed E-state index contributed by atoms with van der Waals surface area (Å²) >= 11 is 0. The van der Waals surface area contributed by atoms with Gasteiger partial charge in [-0.1, -0.05) is 42.2 Å². The van der Waals surface area contributed by atoms with Gasteiger partial charge in [0.1, 0.15) is 0 Å². The van der Waals surface area contributed by atoms with E-state index in [1.54, 1.807) is 0 Å². The van der Waals surface area contributed by atoms with Gasteiger partial charge in [0.2, 0.25) is 0 Å². The molecule has 3 nitrogen and oxygen atoms in total. The topological polar surface area (TPSA) is 18.5 Å². The summed E-state index contributed by atoms with van der Waals surface area (Å²) in [7, 11) is 4.38. The maximum Gasteiger partial charge on any atom is 0.0310 e. The largest absolute Gasteiger partial charge is 0.315 e. The number of hydrogen-bond donors (Lipinski definition) is 1. The van der Waals surface area contributed by atoms with Crippen LogP contribution in [0.25, 0.3) is 0 Å². The SMILES string of the molecule is CN(C)C[C@@H]1[C@H](c2ccc(C#Cc3ccccc3)cc2)[C@@H]2CNCCCCN12. The van der Waals surface area contributed by atoms with Crippen LogP contribution in [0.1, 0.15) is 35.4 Å². The predicted octanol–water partition coefficient (Wildman–Crippen LogP) is 3.17. The van der Waals surface area contributed by atoms with Gasteiger partial charge < -0.3 is 10.2 Å². The summed E-state index contributed by atoms with van der Waals surface area (Å²) < 4.78 is 0. The standard InChI is InChI=1S/C25H31N3/c1-27(2)19-24-25(23-18-26-16-6-7-17-28(23)24)22-14-12-21(13-15-22)11-10-20-8-4-3-5-9-20/h3-5,8-9,12-15,23-26H,6-7,16-19H2,1-2H3/t23-,24+,25+/m0/s1. The number of rotatable bonds is 3. The number of fused-ring (bicyclic) bond motifs is 1. The molecule has 4 rings (SSSR count). The van der Waals surface area contributed by atoms with Crippen LogP contribution in [0.3, 0.4) is 0 Å². The van der Waals surface area contributed by atoms with Crippen molar-refractivity contribution in [3.63, 3.8) is 0 Å². The van der Waals surface area contributed by atoms with Gasteiger partial charge in [0.05, 0.1) is 0 Å². The molecule has 2 fully saturated rings. The third-order valence-electron chi connectivity index (χ3n) is 6.03. The van der Waals surface area contributed by atoms with E-state index in [2.05, 4.69) is 77.5 Å². The summed E-state index contributed by atoms with van der Waals surface area (Å²) in [6.07, 6.45) is 2.59. The van der Waals surface area contributed by atoms with Crippen molar-refractivity contribution in [3.05, 3.63) is 71.3 Å². The van der Waals surface area contributed by atoms with Crippen LogP contribution in [0, 0.1) is 11.8 Å². The maximum absolute atomic E-state index is 3.66. The Balaban J connectivity index is 1.52. The summed E-state index contributed by atoms with van der Waals surface area (Å²) in [4.78, 5) is 5.07. The Bertz CT molecular complexity index is 816. The minimum atomic E-state index is 0.601. The molecular formula is C25H31N3. The highest BCUT2D eigenvalue weighted by atomic mass is 15.3. The monoisotopic (exact) mass is 373 g/mol. The van der Waals surface area contributed by atoms with Crippen molar-refractivity contribution in [1.29, 1.82) is 0 Å². The second kappa shape index (κ2) is 8.92. The molecule has 3 heteroatoms. The van der Waals surface area contributed by atoms with E-state index < -0.39 is 0 Å². The fraction of sp³-hybridized carbons (Fsp3) is 0.440. The lowest BCUT2D eigenvalue weighted by Crippen LogP contribution is -2.68. The molecular weight excluding hydrogens is 342 g/mol.